The third-order valence-corrected chi connectivity index (χ3v) is 5.12. The van der Waals surface area contributed by atoms with Crippen LogP contribution in [0.2, 0.25) is 0 Å². The van der Waals surface area contributed by atoms with E-state index < -0.39 is 24.0 Å². The highest BCUT2D eigenvalue weighted by molar-refractivity contribution is 6.10. The minimum Gasteiger partial charge on any atom is -0.406 e. The van der Waals surface area contributed by atoms with Gasteiger partial charge < -0.3 is 4.74 Å². The first kappa shape index (κ1) is 22.4. The van der Waals surface area contributed by atoms with Crippen molar-refractivity contribution in [2.75, 3.05) is 0 Å². The molecule has 0 fully saturated rings. The molecule has 1 aliphatic heterocycles. The molecule has 0 aromatic heterocycles. The fourth-order valence-electron chi connectivity index (χ4n) is 3.62. The van der Waals surface area contributed by atoms with Crippen molar-refractivity contribution in [1.29, 1.82) is 0 Å². The SMILES string of the molecule is Cc1cc(C2=NNC(c3c(F)cccc3F)=NC2C)ccc1-c1ccc(OC(F)(F)F)cc1. The van der Waals surface area contributed by atoms with E-state index >= 15 is 0 Å². The predicted octanol–water partition coefficient (Wildman–Crippen LogP) is 5.98. The van der Waals surface area contributed by atoms with Crippen molar-refractivity contribution >= 4 is 11.5 Å². The zero-order valence-corrected chi connectivity index (χ0v) is 17.5. The second-order valence-electron chi connectivity index (χ2n) is 7.46. The summed E-state index contributed by atoms with van der Waals surface area (Å²) < 4.78 is 69.1. The number of hydrogen-bond acceptors (Lipinski definition) is 4. The average Bonchev–Trinajstić information content (AvgIpc) is 2.73. The first-order chi connectivity index (χ1) is 15.6. The molecule has 170 valence electrons. The van der Waals surface area contributed by atoms with Gasteiger partial charge in [0.1, 0.15) is 17.4 Å². The minimum absolute atomic E-state index is 0.0105. The maximum Gasteiger partial charge on any atom is 0.573 e. The van der Waals surface area contributed by atoms with Gasteiger partial charge in [-0.1, -0.05) is 30.3 Å². The molecule has 0 amide bonds. The number of ether oxygens (including phenoxy) is 1. The van der Waals surface area contributed by atoms with Crippen molar-refractivity contribution in [2.45, 2.75) is 26.3 Å². The second-order valence-corrected chi connectivity index (χ2v) is 7.46. The molecular weight excluding hydrogens is 441 g/mol. The van der Waals surface area contributed by atoms with Gasteiger partial charge in [-0.2, -0.15) is 5.10 Å². The Kier molecular flexibility index (Phi) is 5.88. The zero-order chi connectivity index (χ0) is 23.8. The van der Waals surface area contributed by atoms with Gasteiger partial charge in [0.25, 0.3) is 0 Å². The van der Waals surface area contributed by atoms with E-state index in [1.165, 1.54) is 18.2 Å². The Morgan fingerprint density at radius 2 is 1.55 bits per heavy atom. The number of nitrogens with one attached hydrogen (secondary N) is 1. The smallest absolute Gasteiger partial charge is 0.406 e. The van der Waals surface area contributed by atoms with Gasteiger partial charge in [0.05, 0.1) is 17.3 Å². The van der Waals surface area contributed by atoms with E-state index in [1.54, 1.807) is 19.1 Å². The van der Waals surface area contributed by atoms with Gasteiger partial charge in [0, 0.05) is 5.56 Å². The van der Waals surface area contributed by atoms with E-state index in [4.69, 9.17) is 0 Å². The molecule has 1 atom stereocenters. The lowest BCUT2D eigenvalue weighted by molar-refractivity contribution is -0.274. The summed E-state index contributed by atoms with van der Waals surface area (Å²) in [5.74, 6) is -1.76. The number of aryl methyl sites for hydroxylation is 1. The van der Waals surface area contributed by atoms with Crippen LogP contribution >= 0.6 is 0 Å². The molecule has 0 aliphatic carbocycles. The molecule has 0 saturated carbocycles. The third-order valence-electron chi connectivity index (χ3n) is 5.12. The summed E-state index contributed by atoms with van der Waals surface area (Å²) in [5.41, 5.74) is 6.12. The van der Waals surface area contributed by atoms with Crippen LogP contribution in [0.5, 0.6) is 5.75 Å². The fourth-order valence-corrected chi connectivity index (χ4v) is 3.62. The normalized spacial score (nSPS) is 16.0. The molecule has 4 nitrogen and oxygen atoms in total. The highest BCUT2D eigenvalue weighted by Crippen LogP contribution is 2.29. The van der Waals surface area contributed by atoms with Gasteiger partial charge in [-0.25, -0.2) is 8.78 Å². The van der Waals surface area contributed by atoms with E-state index in [1.807, 2.05) is 25.1 Å². The number of benzene rings is 3. The maximum atomic E-state index is 14.1. The molecule has 1 aliphatic rings. The van der Waals surface area contributed by atoms with Crippen molar-refractivity contribution in [3.8, 4) is 16.9 Å². The van der Waals surface area contributed by atoms with Gasteiger partial charge in [-0.3, -0.25) is 10.4 Å². The van der Waals surface area contributed by atoms with Crippen LogP contribution in [0.1, 0.15) is 23.6 Å². The summed E-state index contributed by atoms with van der Waals surface area (Å²) in [6.45, 7) is 3.63. The molecule has 0 bridgehead atoms. The monoisotopic (exact) mass is 459 g/mol. The molecule has 0 saturated heterocycles. The average molecular weight is 459 g/mol. The Balaban J connectivity index is 1.56. The van der Waals surface area contributed by atoms with Crippen LogP contribution in [0.3, 0.4) is 0 Å². The van der Waals surface area contributed by atoms with Gasteiger partial charge in [0.15, 0.2) is 5.84 Å². The Morgan fingerprint density at radius 3 is 2.12 bits per heavy atom. The third kappa shape index (κ3) is 4.87. The molecule has 33 heavy (non-hydrogen) atoms. The number of hydrogen-bond donors (Lipinski definition) is 1. The standard InChI is InChI=1S/C24H18F5N3O/c1-13-12-16(8-11-18(13)15-6-9-17(10-7-15)33-24(27,28)29)22-14(2)30-23(32-31-22)21-19(25)4-3-5-20(21)26/h3-12,14H,1-2H3,(H,30,32). The molecule has 1 N–H and O–H groups in total. The Morgan fingerprint density at radius 1 is 0.909 bits per heavy atom. The number of amidine groups is 1. The predicted molar refractivity (Wildman–Crippen MR) is 115 cm³/mol. The van der Waals surface area contributed by atoms with E-state index in [2.05, 4.69) is 20.3 Å². The van der Waals surface area contributed by atoms with Gasteiger partial charge in [0.2, 0.25) is 0 Å². The molecule has 9 heteroatoms. The number of alkyl halides is 3. The first-order valence-electron chi connectivity index (χ1n) is 9.95. The van der Waals surface area contributed by atoms with E-state index in [9.17, 15) is 22.0 Å². The van der Waals surface area contributed by atoms with Crippen LogP contribution in [-0.4, -0.2) is 24.0 Å². The molecule has 1 heterocycles. The lowest BCUT2D eigenvalue weighted by Gasteiger charge is -2.21. The van der Waals surface area contributed by atoms with Crippen LogP contribution in [0.25, 0.3) is 11.1 Å². The number of rotatable bonds is 4. The zero-order valence-electron chi connectivity index (χ0n) is 17.5. The van der Waals surface area contributed by atoms with Gasteiger partial charge >= 0.3 is 6.36 Å². The molecule has 1 unspecified atom stereocenters. The van der Waals surface area contributed by atoms with Crippen molar-refractivity contribution in [3.63, 3.8) is 0 Å². The van der Waals surface area contributed by atoms with Crippen LogP contribution < -0.4 is 10.2 Å². The van der Waals surface area contributed by atoms with Crippen molar-refractivity contribution in [2.24, 2.45) is 10.1 Å². The lowest BCUT2D eigenvalue weighted by Crippen LogP contribution is -2.34. The molecule has 3 aromatic carbocycles. The van der Waals surface area contributed by atoms with Crippen molar-refractivity contribution in [1.82, 2.24) is 5.43 Å². The summed E-state index contributed by atoms with van der Waals surface area (Å²) in [7, 11) is 0. The fraction of sp³-hybridized carbons (Fsp3) is 0.167. The molecule has 3 aromatic rings. The summed E-state index contributed by atoms with van der Waals surface area (Å²) >= 11 is 0. The number of hydrazone groups is 1. The number of halogens is 5. The number of aliphatic imine (C=N–C) groups is 1. The lowest BCUT2D eigenvalue weighted by atomic mass is 9.95. The van der Waals surface area contributed by atoms with Crippen LogP contribution in [-0.2, 0) is 0 Å². The minimum atomic E-state index is -4.75. The van der Waals surface area contributed by atoms with E-state index in [0.29, 0.717) is 5.71 Å². The summed E-state index contributed by atoms with van der Waals surface area (Å²) in [6, 6.07) is 14.2. The van der Waals surface area contributed by atoms with E-state index in [0.717, 1.165) is 34.4 Å². The van der Waals surface area contributed by atoms with E-state index in [-0.39, 0.29) is 17.1 Å². The molecule has 4 rings (SSSR count). The summed E-state index contributed by atoms with van der Waals surface area (Å²) in [4.78, 5) is 4.37. The summed E-state index contributed by atoms with van der Waals surface area (Å²) in [6.07, 6.45) is -4.75. The maximum absolute atomic E-state index is 14.1. The van der Waals surface area contributed by atoms with Crippen molar-refractivity contribution in [3.05, 3.63) is 89.0 Å². The highest BCUT2D eigenvalue weighted by atomic mass is 19.4. The number of nitrogens with zero attached hydrogens (tertiary/aromatic N) is 2. The second kappa shape index (κ2) is 8.65. The molecule has 0 spiro atoms. The Bertz CT molecular complexity index is 1230. The summed E-state index contributed by atoms with van der Waals surface area (Å²) in [5, 5.41) is 4.29. The van der Waals surface area contributed by atoms with Crippen LogP contribution in [0.15, 0.2) is 70.8 Å². The van der Waals surface area contributed by atoms with Crippen LogP contribution in [0, 0.1) is 18.6 Å². The van der Waals surface area contributed by atoms with Crippen molar-refractivity contribution < 1.29 is 26.7 Å². The Labute approximate surface area is 186 Å². The molecular formula is C24H18F5N3O. The van der Waals surface area contributed by atoms with Gasteiger partial charge in [-0.15, -0.1) is 13.2 Å². The largest absolute Gasteiger partial charge is 0.573 e. The highest BCUT2D eigenvalue weighted by Gasteiger charge is 2.31. The quantitative estimate of drug-likeness (QED) is 0.488. The van der Waals surface area contributed by atoms with Crippen LogP contribution in [0.4, 0.5) is 22.0 Å². The first-order valence-corrected chi connectivity index (χ1v) is 9.95. The topological polar surface area (TPSA) is 46.0 Å². The van der Waals surface area contributed by atoms with Gasteiger partial charge in [-0.05, 0) is 60.9 Å². The Hall–Kier alpha value is -3.75. The molecule has 0 radical (unpaired) electrons.